The molecule has 3 fully saturated rings. The number of aryl methyl sites for hydroxylation is 1. The fraction of sp³-hybridized carbons (Fsp3) is 0.312. The summed E-state index contributed by atoms with van der Waals surface area (Å²) in [4.78, 5) is 26.5. The second-order valence-corrected chi connectivity index (χ2v) is 11.0. The maximum atomic E-state index is 16.8. The van der Waals surface area contributed by atoms with Crippen LogP contribution in [0.1, 0.15) is 51.1 Å². The normalized spacial score (nSPS) is 18.9. The summed E-state index contributed by atoms with van der Waals surface area (Å²) in [7, 11) is 4.43. The van der Waals surface area contributed by atoms with Crippen LogP contribution in [0, 0.1) is 24.5 Å². The highest BCUT2D eigenvalue weighted by Gasteiger charge is 2.57. The van der Waals surface area contributed by atoms with Crippen molar-refractivity contribution in [2.24, 2.45) is 5.92 Å². The van der Waals surface area contributed by atoms with Crippen molar-refractivity contribution in [1.29, 1.82) is 0 Å². The number of halogens is 2. The molecule has 0 saturated heterocycles. The fourth-order valence-electron chi connectivity index (χ4n) is 6.21. The molecule has 0 atom stereocenters. The van der Waals surface area contributed by atoms with E-state index in [0.29, 0.717) is 39.5 Å². The van der Waals surface area contributed by atoms with Gasteiger partial charge in [0.2, 0.25) is 0 Å². The van der Waals surface area contributed by atoms with Crippen LogP contribution in [0.15, 0.2) is 46.9 Å². The average Bonchev–Trinajstić information content (AvgIpc) is 3.30. The first-order valence-corrected chi connectivity index (χ1v) is 13.4. The van der Waals surface area contributed by atoms with Crippen LogP contribution in [-0.2, 0) is 11.3 Å². The Labute approximate surface area is 235 Å². The van der Waals surface area contributed by atoms with Crippen molar-refractivity contribution >= 4 is 22.8 Å². The SMILES string of the molecule is CNC(=O)c1c(-c2ccc(F)cc2)oc2cc(COC)c(-c3cc(C(=O)NC45CC(C4)C5)c(OC)cc3C)c(F)c12. The van der Waals surface area contributed by atoms with Crippen LogP contribution in [0.5, 0.6) is 5.75 Å². The summed E-state index contributed by atoms with van der Waals surface area (Å²) in [6.45, 7) is 1.85. The van der Waals surface area contributed by atoms with E-state index in [2.05, 4.69) is 10.6 Å². The largest absolute Gasteiger partial charge is 0.496 e. The molecule has 212 valence electrons. The molecule has 7 rings (SSSR count). The first-order chi connectivity index (χ1) is 19.7. The maximum Gasteiger partial charge on any atom is 0.255 e. The number of fused-ring (bicyclic) bond motifs is 1. The van der Waals surface area contributed by atoms with Gasteiger partial charge in [0.05, 0.1) is 30.2 Å². The Morgan fingerprint density at radius 3 is 2.34 bits per heavy atom. The van der Waals surface area contributed by atoms with Gasteiger partial charge in [0.15, 0.2) is 0 Å². The van der Waals surface area contributed by atoms with Crippen LogP contribution >= 0.6 is 0 Å². The van der Waals surface area contributed by atoms with Crippen LogP contribution < -0.4 is 15.4 Å². The van der Waals surface area contributed by atoms with E-state index >= 15 is 4.39 Å². The standard InChI is InChI=1S/C32H30F2N2O5/c1-16-9-23(40-4)22(30(37)36-32-12-17(13-32)14-32)11-21(16)25-19(15-39-3)10-24-26(28(25)34)27(31(38)35-2)29(41-24)18-5-7-20(33)8-6-18/h5-11,17H,12-15H2,1-4H3,(H,35,38)(H,36,37). The summed E-state index contributed by atoms with van der Waals surface area (Å²) < 4.78 is 47.5. The van der Waals surface area contributed by atoms with Crippen molar-refractivity contribution in [2.45, 2.75) is 38.3 Å². The Kier molecular flexibility index (Phi) is 6.57. The van der Waals surface area contributed by atoms with Crippen molar-refractivity contribution < 1.29 is 32.3 Å². The number of rotatable bonds is 8. The third kappa shape index (κ3) is 4.35. The predicted octanol–water partition coefficient (Wildman–Crippen LogP) is 6.15. The molecule has 0 radical (unpaired) electrons. The van der Waals surface area contributed by atoms with Crippen LogP contribution in [0.4, 0.5) is 8.78 Å². The zero-order chi connectivity index (χ0) is 29.1. The first kappa shape index (κ1) is 27.0. The number of nitrogens with one attached hydrogen (secondary N) is 2. The summed E-state index contributed by atoms with van der Waals surface area (Å²) in [5.74, 6) is -0.786. The van der Waals surface area contributed by atoms with Gasteiger partial charge in [-0.25, -0.2) is 8.78 Å². The summed E-state index contributed by atoms with van der Waals surface area (Å²) in [5, 5.41) is 5.70. The number of hydrogen-bond acceptors (Lipinski definition) is 5. The molecule has 2 amide bonds. The molecular formula is C32H30F2N2O5. The maximum absolute atomic E-state index is 16.8. The van der Waals surface area contributed by atoms with Gasteiger partial charge in [-0.2, -0.15) is 0 Å². The molecule has 1 heterocycles. The summed E-state index contributed by atoms with van der Waals surface area (Å²) in [5.41, 5.74) is 2.49. The van der Waals surface area contributed by atoms with E-state index in [4.69, 9.17) is 13.9 Å². The molecule has 7 nitrogen and oxygen atoms in total. The number of amides is 2. The predicted molar refractivity (Wildman–Crippen MR) is 150 cm³/mol. The lowest BCUT2D eigenvalue weighted by Gasteiger charge is -2.61. The summed E-state index contributed by atoms with van der Waals surface area (Å²) in [6, 6.07) is 10.4. The Hall–Kier alpha value is -4.24. The van der Waals surface area contributed by atoms with Gasteiger partial charge in [-0.3, -0.25) is 9.59 Å². The molecule has 0 spiro atoms. The van der Waals surface area contributed by atoms with Gasteiger partial charge >= 0.3 is 0 Å². The highest BCUT2D eigenvalue weighted by molar-refractivity contribution is 6.12. The third-order valence-corrected chi connectivity index (χ3v) is 8.34. The molecule has 3 saturated carbocycles. The molecule has 0 aliphatic heterocycles. The van der Waals surface area contributed by atoms with Gasteiger partial charge in [0, 0.05) is 30.8 Å². The van der Waals surface area contributed by atoms with Crippen LogP contribution in [0.3, 0.4) is 0 Å². The number of benzene rings is 3. The van der Waals surface area contributed by atoms with Crippen molar-refractivity contribution in [2.75, 3.05) is 21.3 Å². The van der Waals surface area contributed by atoms with E-state index in [9.17, 15) is 14.0 Å². The highest BCUT2D eigenvalue weighted by Crippen LogP contribution is 2.57. The van der Waals surface area contributed by atoms with E-state index < -0.39 is 17.5 Å². The minimum atomic E-state index is -0.690. The second-order valence-electron chi connectivity index (χ2n) is 11.0. The lowest BCUT2D eigenvalue weighted by atomic mass is 9.50. The number of hydrogen-bond donors (Lipinski definition) is 2. The van der Waals surface area contributed by atoms with Gasteiger partial charge in [0.25, 0.3) is 11.8 Å². The van der Waals surface area contributed by atoms with Gasteiger partial charge in [-0.05, 0) is 91.3 Å². The van der Waals surface area contributed by atoms with Crippen molar-refractivity contribution in [3.05, 3.63) is 76.4 Å². The smallest absolute Gasteiger partial charge is 0.255 e. The van der Waals surface area contributed by atoms with Gasteiger partial charge < -0.3 is 24.5 Å². The van der Waals surface area contributed by atoms with Gasteiger partial charge in [-0.1, -0.05) is 0 Å². The van der Waals surface area contributed by atoms with Gasteiger partial charge in [-0.15, -0.1) is 0 Å². The number of carbonyl (C=O) groups is 2. The summed E-state index contributed by atoms with van der Waals surface area (Å²) in [6.07, 6.45) is 2.92. The van der Waals surface area contributed by atoms with Gasteiger partial charge in [0.1, 0.15) is 28.7 Å². The minimum absolute atomic E-state index is 0.00965. The van der Waals surface area contributed by atoms with Crippen LogP contribution in [-0.4, -0.2) is 38.6 Å². The van der Waals surface area contributed by atoms with Crippen LogP contribution in [0.2, 0.25) is 0 Å². The summed E-state index contributed by atoms with van der Waals surface area (Å²) >= 11 is 0. The molecule has 41 heavy (non-hydrogen) atoms. The van der Waals surface area contributed by atoms with E-state index in [-0.39, 0.29) is 45.9 Å². The van der Waals surface area contributed by atoms with Crippen molar-refractivity contribution in [3.63, 3.8) is 0 Å². The quantitative estimate of drug-likeness (QED) is 0.270. The van der Waals surface area contributed by atoms with E-state index in [1.807, 2.05) is 0 Å². The zero-order valence-electron chi connectivity index (χ0n) is 23.2. The molecule has 1 aromatic heterocycles. The number of furan rings is 1. The Bertz CT molecular complexity index is 1690. The van der Waals surface area contributed by atoms with Crippen LogP contribution in [0.25, 0.3) is 33.4 Å². The van der Waals surface area contributed by atoms with Crippen molar-refractivity contribution in [3.8, 4) is 28.2 Å². The van der Waals surface area contributed by atoms with E-state index in [1.165, 1.54) is 45.5 Å². The first-order valence-electron chi connectivity index (χ1n) is 13.4. The molecule has 3 aromatic carbocycles. The lowest BCUT2D eigenvalue weighted by molar-refractivity contribution is -0.0439. The zero-order valence-corrected chi connectivity index (χ0v) is 23.2. The second kappa shape index (κ2) is 9.99. The van der Waals surface area contributed by atoms with E-state index in [0.717, 1.165) is 19.3 Å². The molecule has 3 aliphatic rings. The Morgan fingerprint density at radius 2 is 1.76 bits per heavy atom. The molecule has 2 bridgehead atoms. The van der Waals surface area contributed by atoms with E-state index in [1.54, 1.807) is 25.1 Å². The number of methoxy groups -OCH3 is 2. The Morgan fingerprint density at radius 1 is 1.05 bits per heavy atom. The number of carbonyl (C=O) groups excluding carboxylic acids is 2. The third-order valence-electron chi connectivity index (χ3n) is 8.34. The molecule has 0 unspecified atom stereocenters. The highest BCUT2D eigenvalue weighted by atomic mass is 19.1. The lowest BCUT2D eigenvalue weighted by Crippen LogP contribution is -2.68. The minimum Gasteiger partial charge on any atom is -0.496 e. The molecule has 3 aliphatic carbocycles. The fourth-order valence-corrected chi connectivity index (χ4v) is 6.21. The topological polar surface area (TPSA) is 89.8 Å². The molecule has 2 N–H and O–H groups in total. The Balaban J connectivity index is 1.57. The monoisotopic (exact) mass is 560 g/mol. The van der Waals surface area contributed by atoms with Crippen molar-refractivity contribution in [1.82, 2.24) is 10.6 Å². The average molecular weight is 561 g/mol. The molecular weight excluding hydrogens is 530 g/mol. The molecule has 9 heteroatoms. The molecule has 4 aromatic rings. The number of ether oxygens (including phenoxy) is 2.